The third-order valence-corrected chi connectivity index (χ3v) is 14.8. The number of amides is 3. The van der Waals surface area contributed by atoms with Crippen LogP contribution in [0.25, 0.3) is 0 Å². The van der Waals surface area contributed by atoms with Crippen molar-refractivity contribution in [2.24, 2.45) is 22.5 Å². The van der Waals surface area contributed by atoms with E-state index in [1.54, 1.807) is 48.5 Å². The van der Waals surface area contributed by atoms with Gasteiger partial charge in [0.1, 0.15) is 36.6 Å². The quantitative estimate of drug-likeness (QED) is 0.0505. The minimum Gasteiger partial charge on any atom is -0.460 e. The molecule has 3 fully saturated rings. The lowest BCUT2D eigenvalue weighted by atomic mass is 9.44. The fourth-order valence-corrected chi connectivity index (χ4v) is 11.0. The number of aliphatic hydroxyl groups excluding tert-OH is 1. The molecule has 2 bridgehead atoms. The number of ether oxygens (including phenoxy) is 6. The van der Waals surface area contributed by atoms with E-state index >= 15 is 4.79 Å². The molecule has 73 heavy (non-hydrogen) atoms. The number of ketones is 1. The second kappa shape index (κ2) is 22.7. The fraction of sp³-hybridized carbons (Fsp3) is 0.558. The van der Waals surface area contributed by atoms with Crippen molar-refractivity contribution in [3.63, 3.8) is 0 Å². The van der Waals surface area contributed by atoms with Gasteiger partial charge in [-0.2, -0.15) is 0 Å². The number of nitrogens with one attached hydrogen (secondary N) is 3. The first-order chi connectivity index (χ1) is 34.5. The van der Waals surface area contributed by atoms with Crippen molar-refractivity contribution >= 4 is 53.4 Å². The minimum atomic E-state index is -2.53. The van der Waals surface area contributed by atoms with Gasteiger partial charge < -0.3 is 60.3 Å². The van der Waals surface area contributed by atoms with Gasteiger partial charge in [0, 0.05) is 38.5 Å². The van der Waals surface area contributed by atoms with Gasteiger partial charge in [-0.3, -0.25) is 33.6 Å². The number of rotatable bonds is 19. The van der Waals surface area contributed by atoms with Crippen LogP contribution in [0.3, 0.4) is 0 Å². The monoisotopic (exact) mass is 1020 g/mol. The Hall–Kier alpha value is -6.55. The number of carbonyl (C=O) groups excluding carboxylic acids is 9. The Balaban J connectivity index is 1.53. The van der Waals surface area contributed by atoms with Gasteiger partial charge in [0.15, 0.2) is 23.6 Å². The first-order valence-corrected chi connectivity index (χ1v) is 24.3. The summed E-state index contributed by atoms with van der Waals surface area (Å²) in [6.07, 6.45) is -9.09. The highest BCUT2D eigenvalue weighted by atomic mass is 16.6. The van der Waals surface area contributed by atoms with E-state index in [0.717, 1.165) is 26.7 Å². The molecule has 0 aromatic heterocycles. The molecule has 3 aliphatic carbocycles. The number of hydrogen-bond donors (Lipinski definition) is 6. The van der Waals surface area contributed by atoms with Crippen LogP contribution in [0.2, 0.25) is 0 Å². The molecule has 0 radical (unpaired) electrons. The lowest BCUT2D eigenvalue weighted by Gasteiger charge is -2.67. The highest BCUT2D eigenvalue weighted by Crippen LogP contribution is 2.65. The van der Waals surface area contributed by atoms with Gasteiger partial charge in [-0.1, -0.05) is 82.1 Å². The average Bonchev–Trinajstić information content (AvgIpc) is 3.34. The van der Waals surface area contributed by atoms with Crippen LogP contribution in [-0.4, -0.2) is 138 Å². The van der Waals surface area contributed by atoms with E-state index in [0.29, 0.717) is 12.0 Å². The van der Waals surface area contributed by atoms with E-state index in [2.05, 4.69) is 16.0 Å². The predicted molar refractivity (Wildman–Crippen MR) is 255 cm³/mol. The largest absolute Gasteiger partial charge is 0.460 e. The second-order valence-electron chi connectivity index (χ2n) is 19.8. The van der Waals surface area contributed by atoms with Crippen LogP contribution in [0.1, 0.15) is 109 Å². The van der Waals surface area contributed by atoms with Gasteiger partial charge in [-0.15, -0.1) is 0 Å². The normalized spacial score (nSPS) is 28.6. The van der Waals surface area contributed by atoms with Crippen molar-refractivity contribution in [3.8, 4) is 0 Å². The first-order valence-electron chi connectivity index (χ1n) is 24.3. The summed E-state index contributed by atoms with van der Waals surface area (Å²) in [6, 6.07) is 14.6. The molecule has 6 rings (SSSR count). The molecule has 1 heterocycles. The summed E-state index contributed by atoms with van der Waals surface area (Å²) >= 11 is 0. The Labute approximate surface area is 422 Å². The van der Waals surface area contributed by atoms with E-state index in [1.165, 1.54) is 39.8 Å². The Bertz CT molecular complexity index is 2480. The van der Waals surface area contributed by atoms with Crippen LogP contribution in [0.5, 0.6) is 0 Å². The van der Waals surface area contributed by atoms with Crippen molar-refractivity contribution in [3.05, 3.63) is 82.9 Å². The zero-order chi connectivity index (χ0) is 53.6. The lowest BCUT2D eigenvalue weighted by Crippen LogP contribution is -2.82. The van der Waals surface area contributed by atoms with Crippen LogP contribution < -0.4 is 21.7 Å². The zero-order valence-corrected chi connectivity index (χ0v) is 42.1. The molecule has 3 amide bonds. The van der Waals surface area contributed by atoms with Crippen LogP contribution in [-0.2, 0) is 66.8 Å². The number of nitrogens with two attached hydrogens (primary N) is 1. The van der Waals surface area contributed by atoms with Gasteiger partial charge in [-0.05, 0) is 49.1 Å². The van der Waals surface area contributed by atoms with Gasteiger partial charge >= 0.3 is 29.8 Å². The molecule has 2 aromatic rings. The molecule has 396 valence electrons. The topological polar surface area (TPSA) is 312 Å². The molecule has 3 unspecified atom stereocenters. The Kier molecular flexibility index (Phi) is 17.3. The number of aliphatic hydroxyl groups is 2. The van der Waals surface area contributed by atoms with E-state index in [4.69, 9.17) is 34.2 Å². The second-order valence-corrected chi connectivity index (χ2v) is 19.8. The summed E-state index contributed by atoms with van der Waals surface area (Å²) in [5.41, 5.74) is -2.84. The van der Waals surface area contributed by atoms with Crippen molar-refractivity contribution in [2.75, 3.05) is 26.2 Å². The molecule has 1 saturated heterocycles. The summed E-state index contributed by atoms with van der Waals surface area (Å²) in [7, 11) is 0. The number of carbonyl (C=O) groups is 9. The van der Waals surface area contributed by atoms with Crippen LogP contribution in [0.15, 0.2) is 71.8 Å². The fourth-order valence-electron chi connectivity index (χ4n) is 11.0. The summed E-state index contributed by atoms with van der Waals surface area (Å²) in [4.78, 5) is 123. The van der Waals surface area contributed by atoms with Gasteiger partial charge in [-0.25, -0.2) is 9.59 Å². The first kappa shape index (κ1) is 55.8. The zero-order valence-electron chi connectivity index (χ0n) is 42.1. The molecule has 21 heteroatoms. The Morgan fingerprint density at radius 1 is 0.836 bits per heavy atom. The molecule has 2 aromatic carbocycles. The highest BCUT2D eigenvalue weighted by Gasteiger charge is 2.79. The molecule has 1 aliphatic heterocycles. The van der Waals surface area contributed by atoms with Gasteiger partial charge in [0.25, 0.3) is 0 Å². The van der Waals surface area contributed by atoms with Crippen molar-refractivity contribution in [1.29, 1.82) is 0 Å². The third-order valence-electron chi connectivity index (χ3n) is 14.8. The van der Waals surface area contributed by atoms with Crippen molar-refractivity contribution < 1.29 is 81.8 Å². The maximum Gasteiger partial charge on any atom is 0.338 e. The summed E-state index contributed by atoms with van der Waals surface area (Å²) in [5.74, 6) is -9.78. The molecular weight excluding hydrogens is 953 g/mol. The predicted octanol–water partition coefficient (Wildman–Crippen LogP) is 1.74. The summed E-state index contributed by atoms with van der Waals surface area (Å²) < 4.78 is 36.9. The Morgan fingerprint density at radius 2 is 1.48 bits per heavy atom. The van der Waals surface area contributed by atoms with Gasteiger partial charge in [0.2, 0.25) is 17.7 Å². The molecular formula is C52H66N4O17. The van der Waals surface area contributed by atoms with Crippen LogP contribution in [0, 0.1) is 16.7 Å². The summed E-state index contributed by atoms with van der Waals surface area (Å²) in [5, 5.41) is 33.2. The molecule has 21 nitrogen and oxygen atoms in total. The van der Waals surface area contributed by atoms with Crippen molar-refractivity contribution in [2.45, 2.75) is 141 Å². The number of unbranched alkanes of at least 4 members (excludes halogenated alkanes) is 2. The van der Waals surface area contributed by atoms with Crippen LogP contribution >= 0.6 is 0 Å². The van der Waals surface area contributed by atoms with Crippen LogP contribution in [0.4, 0.5) is 0 Å². The molecule has 7 N–H and O–H groups in total. The average molecular weight is 1020 g/mol. The highest BCUT2D eigenvalue weighted by molar-refractivity contribution is 5.96. The molecule has 4 aliphatic rings. The van der Waals surface area contributed by atoms with E-state index in [-0.39, 0.29) is 29.6 Å². The van der Waals surface area contributed by atoms with E-state index < -0.39 is 157 Å². The minimum absolute atomic E-state index is 0.00513. The maximum atomic E-state index is 16.1. The Morgan fingerprint density at radius 3 is 2.07 bits per heavy atom. The van der Waals surface area contributed by atoms with E-state index in [9.17, 15) is 48.6 Å². The van der Waals surface area contributed by atoms with E-state index in [1.807, 2.05) is 6.92 Å². The smallest absolute Gasteiger partial charge is 0.338 e. The van der Waals surface area contributed by atoms with Crippen molar-refractivity contribution in [1.82, 2.24) is 16.0 Å². The number of Topliss-reactive ketones (excluding diaryl/α,β-unsaturated/α-hetero) is 1. The van der Waals surface area contributed by atoms with Gasteiger partial charge in [0.05, 0.1) is 42.6 Å². The third kappa shape index (κ3) is 11.2. The number of fused-ring (bicyclic) bond motifs is 5. The molecule has 11 atom stereocenters. The lowest BCUT2D eigenvalue weighted by molar-refractivity contribution is -0.346. The number of benzene rings is 2. The maximum absolute atomic E-state index is 16.1. The molecule has 2 saturated carbocycles. The molecule has 0 spiro atoms. The summed E-state index contributed by atoms with van der Waals surface area (Å²) in [6.45, 7) is 7.83. The number of esters is 5. The standard InChI is InChI=1S/C52H66N4O17/c1-8-9-12-21-36(59)56-41(31-17-13-10-14-18-31)42(63)48(66)70-33-23-52(67)46(72-47(65)32-19-15-11-16-20-32)44-50(7,45(64)43(69-29(3)57)40(28(33)2)49(52,5)6)34(22-35-51(44,27-68-35)73-30(4)58)71-39(62)26-55-38(61)25-54-37(60)24-53/h10-11,13-20,33-35,41-44,46,63,67H,8-9,12,21-27,53H2,1-7H3,(H,54,60)(H,55,61)(H,56,59)/t33-,34-,35?,41?,42-,43+,44?,46-,50+,51-,52+/m0/s1. The number of hydrogen-bond acceptors (Lipinski definition) is 18. The SMILES string of the molecule is CCCCCC(=O)NC(c1ccccc1)[C@H](O)C(=O)O[C@H]1C[C@@]2(O)[C@@H](OC(=O)c3ccccc3)C3[C@]4(OC(C)=O)COC4C[C@H](OC(=O)CNC(=O)CNC(=O)CN)[C@@]3(C)C(=O)[C@H](OC(C)=O)C(=C1C)C2(C)C.